The van der Waals surface area contributed by atoms with E-state index in [1.807, 2.05) is 0 Å². The summed E-state index contributed by atoms with van der Waals surface area (Å²) in [6.45, 7) is 2.82. The first kappa shape index (κ1) is 27.8. The second kappa shape index (κ2) is 8.28. The smallest absolute Gasteiger partial charge is 0.320 e. The van der Waals surface area contributed by atoms with Gasteiger partial charge in [-0.05, 0) is 24.0 Å². The molecule has 0 radical (unpaired) electrons. The van der Waals surface area contributed by atoms with Crippen molar-refractivity contribution in [2.75, 3.05) is 5.32 Å². The summed E-state index contributed by atoms with van der Waals surface area (Å²) in [4.78, 5) is 11.7. The number of nitrogens with one attached hydrogen (secondary N) is 1. The molecule has 0 saturated heterocycles. The first-order chi connectivity index (χ1) is 14.1. The summed E-state index contributed by atoms with van der Waals surface area (Å²) >= 11 is 0. The molecule has 0 atom stereocenters. The Kier molecular flexibility index (Phi) is 7.20. The van der Waals surface area contributed by atoms with Gasteiger partial charge >= 0.3 is 41.7 Å². The van der Waals surface area contributed by atoms with E-state index in [9.17, 15) is 61.9 Å². The third kappa shape index (κ3) is 3.98. The number of anilines is 1. The zero-order valence-electron chi connectivity index (χ0n) is 16.0. The Morgan fingerprint density at radius 3 is 1.41 bits per heavy atom. The van der Waals surface area contributed by atoms with Crippen LogP contribution in [0.4, 0.5) is 62.8 Å². The summed E-state index contributed by atoms with van der Waals surface area (Å²) in [5, 5.41) is 1.16. The highest BCUT2D eigenvalue weighted by Gasteiger charge is 2.91. The van der Waals surface area contributed by atoms with Gasteiger partial charge in [0.05, 0.1) is 0 Å². The molecule has 15 heteroatoms. The standard InChI is InChI=1S/C17H14F13NO/c1-3-8-6-5-7-9(4-2)10(8)31-11(32)12(18,19)13(20,21)14(22,23)15(24,25)16(26,27)17(28,29)30/h5-7H,3-4H2,1-2H3,(H,31,32). The normalized spacial score (nSPS) is 14.5. The molecule has 0 unspecified atom stereocenters. The third-order valence-corrected chi connectivity index (χ3v) is 4.46. The number of benzene rings is 1. The van der Waals surface area contributed by atoms with Gasteiger partial charge in [-0.2, -0.15) is 57.1 Å². The molecule has 0 heterocycles. The summed E-state index contributed by atoms with van der Waals surface area (Å²) in [6, 6.07) is 3.77. The van der Waals surface area contributed by atoms with Gasteiger partial charge in [0, 0.05) is 5.69 Å². The molecule has 0 aromatic heterocycles. The molecule has 32 heavy (non-hydrogen) atoms. The Hall–Kier alpha value is -2.22. The van der Waals surface area contributed by atoms with E-state index < -0.39 is 47.4 Å². The molecular weight excluding hydrogens is 481 g/mol. The minimum absolute atomic E-state index is 0.0164. The summed E-state index contributed by atoms with van der Waals surface area (Å²) in [6.07, 6.45) is -7.54. The fraction of sp³-hybridized carbons (Fsp3) is 0.588. The van der Waals surface area contributed by atoms with Crippen LogP contribution in [0, 0.1) is 0 Å². The zero-order chi connectivity index (χ0) is 25.6. The zero-order valence-corrected chi connectivity index (χ0v) is 16.0. The Balaban J connectivity index is 3.51. The van der Waals surface area contributed by atoms with Gasteiger partial charge in [-0.1, -0.05) is 32.0 Å². The van der Waals surface area contributed by atoms with E-state index in [1.165, 1.54) is 32.0 Å². The lowest BCUT2D eigenvalue weighted by Gasteiger charge is -2.39. The topological polar surface area (TPSA) is 29.1 Å². The SMILES string of the molecule is CCc1cccc(CC)c1NC(=O)C(F)(F)C(F)(F)C(F)(F)C(F)(F)C(F)(F)C(F)(F)F. The molecule has 1 aromatic carbocycles. The lowest BCUT2D eigenvalue weighted by molar-refractivity contribution is -0.435. The van der Waals surface area contributed by atoms with Crippen molar-refractivity contribution in [3.05, 3.63) is 29.3 Å². The van der Waals surface area contributed by atoms with Crippen molar-refractivity contribution >= 4 is 11.6 Å². The molecule has 0 fully saturated rings. The molecule has 0 aliphatic heterocycles. The predicted octanol–water partition coefficient (Wildman–Crippen LogP) is 6.49. The monoisotopic (exact) mass is 495 g/mol. The highest BCUT2D eigenvalue weighted by Crippen LogP contribution is 2.60. The summed E-state index contributed by atoms with van der Waals surface area (Å²) in [5.74, 6) is -41.7. The van der Waals surface area contributed by atoms with Crippen LogP contribution in [0.5, 0.6) is 0 Å². The largest absolute Gasteiger partial charge is 0.460 e. The third-order valence-electron chi connectivity index (χ3n) is 4.46. The van der Waals surface area contributed by atoms with Crippen molar-refractivity contribution in [2.24, 2.45) is 0 Å². The first-order valence-corrected chi connectivity index (χ1v) is 8.53. The fourth-order valence-corrected chi connectivity index (χ4v) is 2.51. The number of para-hydroxylation sites is 1. The number of hydrogen-bond acceptors (Lipinski definition) is 1. The van der Waals surface area contributed by atoms with Gasteiger partial charge in [0.15, 0.2) is 0 Å². The van der Waals surface area contributed by atoms with E-state index in [1.54, 1.807) is 0 Å². The van der Waals surface area contributed by atoms with Crippen molar-refractivity contribution in [1.82, 2.24) is 0 Å². The molecule has 0 bridgehead atoms. The molecule has 1 rings (SSSR count). The Morgan fingerprint density at radius 2 is 1.06 bits per heavy atom. The van der Waals surface area contributed by atoms with Gasteiger partial charge in [-0.15, -0.1) is 0 Å². The molecule has 1 amide bonds. The molecule has 0 saturated carbocycles. The lowest BCUT2D eigenvalue weighted by atomic mass is 9.93. The average molecular weight is 495 g/mol. The van der Waals surface area contributed by atoms with Crippen molar-refractivity contribution < 1.29 is 61.9 Å². The number of amides is 1. The van der Waals surface area contributed by atoms with Gasteiger partial charge in [0.1, 0.15) is 0 Å². The summed E-state index contributed by atoms with van der Waals surface area (Å²) in [7, 11) is 0. The molecule has 1 N–H and O–H groups in total. The summed E-state index contributed by atoms with van der Waals surface area (Å²) in [5.41, 5.74) is -0.510. The van der Waals surface area contributed by atoms with E-state index in [2.05, 4.69) is 0 Å². The van der Waals surface area contributed by atoms with Crippen LogP contribution in [0.25, 0.3) is 0 Å². The van der Waals surface area contributed by atoms with Crippen LogP contribution in [0.15, 0.2) is 18.2 Å². The molecule has 2 nitrogen and oxygen atoms in total. The number of carbonyl (C=O) groups excluding carboxylic acids is 1. The second-order valence-electron chi connectivity index (χ2n) is 6.48. The molecular formula is C17H14F13NO. The maximum atomic E-state index is 14.0. The molecule has 184 valence electrons. The van der Waals surface area contributed by atoms with Crippen LogP contribution >= 0.6 is 0 Å². The summed E-state index contributed by atoms with van der Waals surface area (Å²) < 4.78 is 171. The molecule has 1 aromatic rings. The van der Waals surface area contributed by atoms with E-state index in [-0.39, 0.29) is 24.0 Å². The number of halogens is 13. The van der Waals surface area contributed by atoms with Crippen LogP contribution < -0.4 is 5.32 Å². The fourth-order valence-electron chi connectivity index (χ4n) is 2.51. The van der Waals surface area contributed by atoms with Crippen LogP contribution in [-0.2, 0) is 17.6 Å². The number of aryl methyl sites for hydroxylation is 2. The number of alkyl halides is 13. The second-order valence-corrected chi connectivity index (χ2v) is 6.48. The highest BCUT2D eigenvalue weighted by atomic mass is 19.4. The maximum absolute atomic E-state index is 14.0. The van der Waals surface area contributed by atoms with Crippen molar-refractivity contribution in [2.45, 2.75) is 62.5 Å². The van der Waals surface area contributed by atoms with Gasteiger partial charge in [0.25, 0.3) is 0 Å². The van der Waals surface area contributed by atoms with Gasteiger partial charge in [0.2, 0.25) is 0 Å². The van der Waals surface area contributed by atoms with E-state index >= 15 is 0 Å². The molecule has 0 spiro atoms. The van der Waals surface area contributed by atoms with E-state index in [0.717, 1.165) is 5.32 Å². The first-order valence-electron chi connectivity index (χ1n) is 8.53. The van der Waals surface area contributed by atoms with Crippen molar-refractivity contribution in [3.63, 3.8) is 0 Å². The highest BCUT2D eigenvalue weighted by molar-refractivity contribution is 5.98. The van der Waals surface area contributed by atoms with E-state index in [0.29, 0.717) is 0 Å². The number of carbonyl (C=O) groups is 1. The predicted molar refractivity (Wildman–Crippen MR) is 84.6 cm³/mol. The Morgan fingerprint density at radius 1 is 0.688 bits per heavy atom. The lowest BCUT2D eigenvalue weighted by Crippen LogP contribution is -2.71. The van der Waals surface area contributed by atoms with Crippen LogP contribution in [0.1, 0.15) is 25.0 Å². The number of hydrogen-bond donors (Lipinski definition) is 1. The Labute approximate surface area is 171 Å². The molecule has 0 aliphatic rings. The van der Waals surface area contributed by atoms with E-state index in [4.69, 9.17) is 0 Å². The maximum Gasteiger partial charge on any atom is 0.460 e. The minimum Gasteiger partial charge on any atom is -0.320 e. The number of rotatable bonds is 8. The quantitative estimate of drug-likeness (QED) is 0.411. The van der Waals surface area contributed by atoms with Crippen molar-refractivity contribution in [1.29, 1.82) is 0 Å². The van der Waals surface area contributed by atoms with Crippen LogP contribution in [-0.4, -0.2) is 41.7 Å². The minimum atomic E-state index is -8.05. The van der Waals surface area contributed by atoms with Crippen LogP contribution in [0.2, 0.25) is 0 Å². The Bertz CT molecular complexity index is 823. The average Bonchev–Trinajstić information content (AvgIpc) is 2.66. The molecule has 0 aliphatic carbocycles. The van der Waals surface area contributed by atoms with Crippen molar-refractivity contribution in [3.8, 4) is 0 Å². The van der Waals surface area contributed by atoms with Gasteiger partial charge in [-0.3, -0.25) is 4.79 Å². The van der Waals surface area contributed by atoms with Crippen LogP contribution in [0.3, 0.4) is 0 Å². The van der Waals surface area contributed by atoms with Gasteiger partial charge < -0.3 is 5.32 Å². The van der Waals surface area contributed by atoms with Gasteiger partial charge in [-0.25, -0.2) is 0 Å².